The van der Waals surface area contributed by atoms with E-state index in [-0.39, 0.29) is 5.82 Å². The smallest absolute Gasteiger partial charge is 0.191 e. The maximum absolute atomic E-state index is 14.1. The summed E-state index contributed by atoms with van der Waals surface area (Å²) in [7, 11) is 0. The Bertz CT molecular complexity index is 931. The molecule has 0 unspecified atom stereocenters. The first kappa shape index (κ1) is 19.0. The molecule has 1 aliphatic carbocycles. The molecule has 0 bridgehead atoms. The standard InChI is InChI=1S/C20H21ClFN3S2/c1-2-10-25-19(14-11-26-18-9-4-3-6-13(14)18)23-24-20(25)27-12-15-16(21)7-5-8-17(15)22/h5,7-8,11H,2-4,6,9-10,12H2,1H3. The van der Waals surface area contributed by atoms with Crippen LogP contribution < -0.4 is 0 Å². The zero-order valence-corrected chi connectivity index (χ0v) is 17.6. The Morgan fingerprint density at radius 3 is 2.93 bits per heavy atom. The van der Waals surface area contributed by atoms with Gasteiger partial charge in [0.25, 0.3) is 0 Å². The second kappa shape index (κ2) is 8.33. The Balaban J connectivity index is 1.64. The molecule has 0 amide bonds. The fourth-order valence-electron chi connectivity index (χ4n) is 3.51. The molecule has 0 aliphatic heterocycles. The first-order valence-corrected chi connectivity index (χ1v) is 11.5. The van der Waals surface area contributed by atoms with Gasteiger partial charge in [-0.05, 0) is 49.8 Å². The van der Waals surface area contributed by atoms with Crippen LogP contribution in [-0.4, -0.2) is 14.8 Å². The predicted molar refractivity (Wildman–Crippen MR) is 111 cm³/mol. The summed E-state index contributed by atoms with van der Waals surface area (Å²) in [6.07, 6.45) is 5.81. The van der Waals surface area contributed by atoms with Gasteiger partial charge in [0.1, 0.15) is 5.82 Å². The average molecular weight is 422 g/mol. The normalized spacial score (nSPS) is 13.7. The molecule has 1 aliphatic rings. The van der Waals surface area contributed by atoms with Crippen molar-refractivity contribution in [1.82, 2.24) is 14.8 Å². The third kappa shape index (κ3) is 3.80. The third-order valence-corrected chi connectivity index (χ3v) is 7.31. The van der Waals surface area contributed by atoms with Crippen LogP contribution in [0.2, 0.25) is 5.02 Å². The van der Waals surface area contributed by atoms with Crippen molar-refractivity contribution < 1.29 is 4.39 Å². The number of halogens is 2. The Morgan fingerprint density at radius 1 is 1.26 bits per heavy atom. The van der Waals surface area contributed by atoms with Crippen molar-refractivity contribution in [3.8, 4) is 11.4 Å². The van der Waals surface area contributed by atoms with E-state index in [1.807, 2.05) is 11.3 Å². The maximum Gasteiger partial charge on any atom is 0.191 e. The third-order valence-electron chi connectivity index (χ3n) is 4.87. The zero-order valence-electron chi connectivity index (χ0n) is 15.2. The highest BCUT2D eigenvalue weighted by Crippen LogP contribution is 2.37. The van der Waals surface area contributed by atoms with E-state index in [0.29, 0.717) is 16.3 Å². The second-order valence-electron chi connectivity index (χ2n) is 6.70. The van der Waals surface area contributed by atoms with E-state index in [2.05, 4.69) is 27.1 Å². The summed E-state index contributed by atoms with van der Waals surface area (Å²) in [6, 6.07) is 4.80. The van der Waals surface area contributed by atoms with E-state index >= 15 is 0 Å². The van der Waals surface area contributed by atoms with Gasteiger partial charge in [-0.2, -0.15) is 0 Å². The van der Waals surface area contributed by atoms with E-state index < -0.39 is 0 Å². The number of thioether (sulfide) groups is 1. The van der Waals surface area contributed by atoms with Gasteiger partial charge in [0.05, 0.1) is 0 Å². The molecule has 2 heterocycles. The summed E-state index contributed by atoms with van der Waals surface area (Å²) in [5.41, 5.74) is 3.20. The summed E-state index contributed by atoms with van der Waals surface area (Å²) in [5.74, 6) is 1.11. The van der Waals surface area contributed by atoms with Crippen LogP contribution in [0.3, 0.4) is 0 Å². The van der Waals surface area contributed by atoms with Crippen LogP contribution in [0.5, 0.6) is 0 Å². The highest BCUT2D eigenvalue weighted by atomic mass is 35.5. The quantitative estimate of drug-likeness (QED) is 0.432. The summed E-state index contributed by atoms with van der Waals surface area (Å²) in [5, 5.41) is 12.5. The summed E-state index contributed by atoms with van der Waals surface area (Å²) >= 11 is 9.50. The zero-order chi connectivity index (χ0) is 18.8. The van der Waals surface area contributed by atoms with Crippen LogP contribution in [0, 0.1) is 5.82 Å². The number of hydrogen-bond acceptors (Lipinski definition) is 4. The lowest BCUT2D eigenvalue weighted by Gasteiger charge is -2.14. The topological polar surface area (TPSA) is 30.7 Å². The summed E-state index contributed by atoms with van der Waals surface area (Å²) in [4.78, 5) is 1.50. The molecule has 1 aromatic carbocycles. The molecular formula is C20H21ClFN3S2. The molecule has 0 N–H and O–H groups in total. The number of thiophene rings is 1. The fourth-order valence-corrected chi connectivity index (χ4v) is 5.94. The molecule has 0 radical (unpaired) electrons. The van der Waals surface area contributed by atoms with E-state index in [4.69, 9.17) is 11.6 Å². The van der Waals surface area contributed by atoms with Gasteiger partial charge in [-0.1, -0.05) is 36.4 Å². The number of benzene rings is 1. The minimum Gasteiger partial charge on any atom is -0.302 e. The van der Waals surface area contributed by atoms with Gasteiger partial charge in [0.15, 0.2) is 11.0 Å². The van der Waals surface area contributed by atoms with Crippen molar-refractivity contribution in [3.63, 3.8) is 0 Å². The molecule has 27 heavy (non-hydrogen) atoms. The highest BCUT2D eigenvalue weighted by Gasteiger charge is 2.22. The van der Waals surface area contributed by atoms with E-state index in [0.717, 1.165) is 30.4 Å². The fraction of sp³-hybridized carbons (Fsp3) is 0.400. The van der Waals surface area contributed by atoms with Gasteiger partial charge >= 0.3 is 0 Å². The summed E-state index contributed by atoms with van der Waals surface area (Å²) in [6.45, 7) is 3.00. The number of aromatic nitrogens is 3. The van der Waals surface area contributed by atoms with Crippen molar-refractivity contribution in [2.24, 2.45) is 0 Å². The average Bonchev–Trinajstić information content (AvgIpc) is 3.26. The van der Waals surface area contributed by atoms with Crippen LogP contribution in [0.15, 0.2) is 28.7 Å². The van der Waals surface area contributed by atoms with Crippen molar-refractivity contribution in [2.75, 3.05) is 0 Å². The van der Waals surface area contributed by atoms with Crippen LogP contribution in [0.1, 0.15) is 42.2 Å². The largest absolute Gasteiger partial charge is 0.302 e. The van der Waals surface area contributed by atoms with E-state index in [1.54, 1.807) is 12.1 Å². The van der Waals surface area contributed by atoms with Crippen LogP contribution in [0.4, 0.5) is 4.39 Å². The lowest BCUT2D eigenvalue weighted by Crippen LogP contribution is -2.05. The van der Waals surface area contributed by atoms with E-state index in [1.165, 1.54) is 53.1 Å². The number of rotatable bonds is 6. The Hall–Kier alpha value is -1.37. The number of nitrogens with zero attached hydrogens (tertiary/aromatic N) is 3. The van der Waals surface area contributed by atoms with Gasteiger partial charge in [-0.3, -0.25) is 0 Å². The van der Waals surface area contributed by atoms with Gasteiger partial charge < -0.3 is 4.57 Å². The number of fused-ring (bicyclic) bond motifs is 1. The Labute approximate surface area is 172 Å². The Morgan fingerprint density at radius 2 is 2.11 bits per heavy atom. The lowest BCUT2D eigenvalue weighted by atomic mass is 9.95. The van der Waals surface area contributed by atoms with Crippen LogP contribution >= 0.6 is 34.7 Å². The first-order chi connectivity index (χ1) is 13.2. The molecule has 0 fully saturated rings. The van der Waals surface area contributed by atoms with Crippen molar-refractivity contribution in [1.29, 1.82) is 0 Å². The number of aryl methyl sites for hydroxylation is 1. The van der Waals surface area contributed by atoms with Gasteiger partial charge in [-0.25, -0.2) is 4.39 Å². The molecule has 4 rings (SSSR count). The second-order valence-corrected chi connectivity index (χ2v) is 9.02. The molecule has 3 nitrogen and oxygen atoms in total. The van der Waals surface area contributed by atoms with Crippen molar-refractivity contribution >= 4 is 34.7 Å². The van der Waals surface area contributed by atoms with Crippen LogP contribution in [0.25, 0.3) is 11.4 Å². The lowest BCUT2D eigenvalue weighted by molar-refractivity contribution is 0.615. The monoisotopic (exact) mass is 421 g/mol. The van der Waals surface area contributed by atoms with Gasteiger partial charge in [0.2, 0.25) is 0 Å². The summed E-state index contributed by atoms with van der Waals surface area (Å²) < 4.78 is 16.3. The Kier molecular flexibility index (Phi) is 5.85. The van der Waals surface area contributed by atoms with Crippen LogP contribution in [-0.2, 0) is 25.1 Å². The number of hydrogen-bond donors (Lipinski definition) is 0. The highest BCUT2D eigenvalue weighted by molar-refractivity contribution is 7.98. The van der Waals surface area contributed by atoms with E-state index in [9.17, 15) is 4.39 Å². The molecule has 3 aromatic rings. The maximum atomic E-state index is 14.1. The molecule has 0 spiro atoms. The first-order valence-electron chi connectivity index (χ1n) is 9.27. The molecule has 0 saturated carbocycles. The molecule has 2 aromatic heterocycles. The molecule has 142 valence electrons. The van der Waals surface area contributed by atoms with Gasteiger partial charge in [0, 0.05) is 38.7 Å². The van der Waals surface area contributed by atoms with Crippen molar-refractivity contribution in [3.05, 3.63) is 50.4 Å². The molecule has 7 heteroatoms. The molecule has 0 saturated heterocycles. The van der Waals surface area contributed by atoms with Crippen molar-refractivity contribution in [2.45, 2.75) is 56.5 Å². The van der Waals surface area contributed by atoms with Gasteiger partial charge in [-0.15, -0.1) is 21.5 Å². The predicted octanol–water partition coefficient (Wildman–Crippen LogP) is 6.38. The molecular weight excluding hydrogens is 401 g/mol. The minimum atomic E-state index is -0.274. The minimum absolute atomic E-state index is 0.274. The SMILES string of the molecule is CCCn1c(SCc2c(F)cccc2Cl)nnc1-c1csc2c1CCCC2. The molecule has 0 atom stereocenters.